The van der Waals surface area contributed by atoms with Gasteiger partial charge in [-0.2, -0.15) is 4.98 Å². The minimum atomic E-state index is -0.426. The van der Waals surface area contributed by atoms with E-state index in [1.54, 1.807) is 36.4 Å². The van der Waals surface area contributed by atoms with Crippen molar-refractivity contribution in [3.8, 4) is 22.9 Å². The van der Waals surface area contributed by atoms with Crippen LogP contribution in [0.2, 0.25) is 0 Å². The number of carbonyl (C=O) groups excluding carboxylic acids is 1. The van der Waals surface area contributed by atoms with Crippen LogP contribution in [-0.2, 0) is 6.42 Å². The van der Waals surface area contributed by atoms with Gasteiger partial charge in [0.05, 0.1) is 19.8 Å². The minimum Gasteiger partial charge on any atom is -0.497 e. The van der Waals surface area contributed by atoms with Crippen LogP contribution in [0.25, 0.3) is 11.4 Å². The van der Waals surface area contributed by atoms with Gasteiger partial charge in [-0.15, -0.1) is 0 Å². The van der Waals surface area contributed by atoms with Crippen molar-refractivity contribution >= 4 is 5.91 Å². The molecule has 1 N–H and O–H groups in total. The number of nitrogens with zero attached hydrogens (tertiary/aromatic N) is 2. The number of benzene rings is 2. The Morgan fingerprint density at radius 2 is 1.85 bits per heavy atom. The molecule has 140 valence electrons. The zero-order valence-corrected chi connectivity index (χ0v) is 14.9. The molecule has 0 radical (unpaired) electrons. The molecule has 3 rings (SSSR count). The number of amides is 1. The summed E-state index contributed by atoms with van der Waals surface area (Å²) >= 11 is 0. The highest BCUT2D eigenvalue weighted by Gasteiger charge is 2.13. The quantitative estimate of drug-likeness (QED) is 0.687. The second-order valence-corrected chi connectivity index (χ2v) is 5.60. The highest BCUT2D eigenvalue weighted by molar-refractivity contribution is 5.95. The Morgan fingerprint density at radius 1 is 1.15 bits per heavy atom. The Morgan fingerprint density at radius 3 is 2.52 bits per heavy atom. The molecule has 0 aliphatic rings. The third kappa shape index (κ3) is 4.41. The Labute approximate surface area is 155 Å². The molecule has 0 spiro atoms. The van der Waals surface area contributed by atoms with E-state index in [-0.39, 0.29) is 23.8 Å². The van der Waals surface area contributed by atoms with Gasteiger partial charge in [0.1, 0.15) is 17.3 Å². The smallest absolute Gasteiger partial charge is 0.251 e. The van der Waals surface area contributed by atoms with Gasteiger partial charge in [-0.05, 0) is 24.3 Å². The van der Waals surface area contributed by atoms with Crippen molar-refractivity contribution < 1.29 is 23.2 Å². The van der Waals surface area contributed by atoms with E-state index in [0.717, 1.165) is 0 Å². The molecule has 1 amide bonds. The first-order chi connectivity index (χ1) is 13.1. The lowest BCUT2D eigenvalue weighted by atomic mass is 10.2. The lowest BCUT2D eigenvalue weighted by molar-refractivity contribution is 0.0952. The van der Waals surface area contributed by atoms with E-state index in [9.17, 15) is 9.18 Å². The second kappa shape index (κ2) is 8.31. The van der Waals surface area contributed by atoms with Gasteiger partial charge >= 0.3 is 0 Å². The fourth-order valence-corrected chi connectivity index (χ4v) is 2.43. The Bertz CT molecular complexity index is 920. The first-order valence-corrected chi connectivity index (χ1v) is 8.19. The van der Waals surface area contributed by atoms with Crippen molar-refractivity contribution in [3.63, 3.8) is 0 Å². The topological polar surface area (TPSA) is 86.5 Å². The highest BCUT2D eigenvalue weighted by Crippen LogP contribution is 2.22. The van der Waals surface area contributed by atoms with Gasteiger partial charge in [-0.3, -0.25) is 4.79 Å². The van der Waals surface area contributed by atoms with E-state index in [1.165, 1.54) is 20.3 Å². The molecule has 3 aromatic rings. The van der Waals surface area contributed by atoms with Crippen molar-refractivity contribution in [1.29, 1.82) is 0 Å². The van der Waals surface area contributed by atoms with Gasteiger partial charge in [-0.25, -0.2) is 4.39 Å². The largest absolute Gasteiger partial charge is 0.497 e. The zero-order chi connectivity index (χ0) is 19.2. The van der Waals surface area contributed by atoms with Crippen molar-refractivity contribution in [2.24, 2.45) is 0 Å². The standard InChI is InChI=1S/C19H18FN3O4/c1-25-13-9-12(10-14(11-13)26-2)19(24)21-8-7-17-22-18(23-27-17)15-5-3-4-6-16(15)20/h3-6,9-11H,7-8H2,1-2H3,(H,21,24). The van der Waals surface area contributed by atoms with Crippen LogP contribution in [0.1, 0.15) is 16.2 Å². The molecule has 0 atom stereocenters. The lowest BCUT2D eigenvalue weighted by Gasteiger charge is -2.08. The number of nitrogens with one attached hydrogen (secondary N) is 1. The van der Waals surface area contributed by atoms with Crippen LogP contribution in [0.3, 0.4) is 0 Å². The number of rotatable bonds is 7. The van der Waals surface area contributed by atoms with Crippen molar-refractivity contribution in [1.82, 2.24) is 15.5 Å². The third-order valence-electron chi connectivity index (χ3n) is 3.82. The first kappa shape index (κ1) is 18.4. The average Bonchev–Trinajstić information content (AvgIpc) is 3.16. The van der Waals surface area contributed by atoms with Crippen molar-refractivity contribution in [3.05, 3.63) is 59.7 Å². The summed E-state index contributed by atoms with van der Waals surface area (Å²) in [5, 5.41) is 6.54. The van der Waals surface area contributed by atoms with Gasteiger partial charge in [0.2, 0.25) is 11.7 Å². The monoisotopic (exact) mass is 371 g/mol. The SMILES string of the molecule is COc1cc(OC)cc(C(=O)NCCc2nc(-c3ccccc3F)no2)c1. The van der Waals surface area contributed by atoms with E-state index < -0.39 is 5.82 Å². The summed E-state index contributed by atoms with van der Waals surface area (Å²) in [5.41, 5.74) is 0.670. The number of ether oxygens (including phenoxy) is 2. The van der Waals surface area contributed by atoms with Crippen LogP contribution in [0.4, 0.5) is 4.39 Å². The molecule has 0 aliphatic carbocycles. The summed E-state index contributed by atoms with van der Waals surface area (Å²) in [6.07, 6.45) is 0.314. The summed E-state index contributed by atoms with van der Waals surface area (Å²) < 4.78 is 29.2. The fraction of sp³-hybridized carbons (Fsp3) is 0.211. The summed E-state index contributed by atoms with van der Waals surface area (Å²) in [4.78, 5) is 16.5. The maximum Gasteiger partial charge on any atom is 0.251 e. The van der Waals surface area contributed by atoms with Gasteiger partial charge < -0.3 is 19.3 Å². The molecule has 0 fully saturated rings. The number of hydrogen-bond donors (Lipinski definition) is 1. The average molecular weight is 371 g/mol. The van der Waals surface area contributed by atoms with Crippen LogP contribution in [0, 0.1) is 5.82 Å². The number of hydrogen-bond acceptors (Lipinski definition) is 6. The van der Waals surface area contributed by atoms with Gasteiger partial charge in [0.25, 0.3) is 5.91 Å². The third-order valence-corrected chi connectivity index (χ3v) is 3.82. The second-order valence-electron chi connectivity index (χ2n) is 5.60. The van der Waals surface area contributed by atoms with Gasteiger partial charge in [0.15, 0.2) is 0 Å². The van der Waals surface area contributed by atoms with E-state index >= 15 is 0 Å². The van der Waals surface area contributed by atoms with Crippen LogP contribution >= 0.6 is 0 Å². The molecule has 27 heavy (non-hydrogen) atoms. The summed E-state index contributed by atoms with van der Waals surface area (Å²) in [5.74, 6) is 0.798. The van der Waals surface area contributed by atoms with Crippen LogP contribution < -0.4 is 14.8 Å². The molecule has 0 saturated carbocycles. The van der Waals surface area contributed by atoms with E-state index in [1.807, 2.05) is 0 Å². The molecule has 0 aliphatic heterocycles. The van der Waals surface area contributed by atoms with Crippen molar-refractivity contribution in [2.45, 2.75) is 6.42 Å². The normalized spacial score (nSPS) is 10.5. The molecule has 8 heteroatoms. The Kier molecular flexibility index (Phi) is 5.65. The molecule has 1 aromatic heterocycles. The predicted octanol–water partition coefficient (Wildman–Crippen LogP) is 2.87. The van der Waals surface area contributed by atoms with Crippen LogP contribution in [0.15, 0.2) is 47.0 Å². The molecular formula is C19H18FN3O4. The molecule has 0 saturated heterocycles. The maximum absolute atomic E-state index is 13.8. The van der Waals surface area contributed by atoms with Gasteiger partial charge in [0, 0.05) is 24.6 Å². The summed E-state index contributed by atoms with van der Waals surface area (Å²) in [6.45, 7) is 0.275. The summed E-state index contributed by atoms with van der Waals surface area (Å²) in [7, 11) is 3.03. The highest BCUT2D eigenvalue weighted by atomic mass is 19.1. The first-order valence-electron chi connectivity index (χ1n) is 8.19. The number of carbonyl (C=O) groups is 1. The number of halogens is 1. The van der Waals surface area contributed by atoms with Crippen LogP contribution in [0.5, 0.6) is 11.5 Å². The molecule has 0 bridgehead atoms. The van der Waals surface area contributed by atoms with E-state index in [0.29, 0.717) is 29.4 Å². The number of aromatic nitrogens is 2. The predicted molar refractivity (Wildman–Crippen MR) is 95.3 cm³/mol. The molecule has 1 heterocycles. The maximum atomic E-state index is 13.8. The molecular weight excluding hydrogens is 353 g/mol. The Balaban J connectivity index is 1.60. The van der Waals surface area contributed by atoms with Crippen molar-refractivity contribution in [2.75, 3.05) is 20.8 Å². The fourth-order valence-electron chi connectivity index (χ4n) is 2.43. The number of methoxy groups -OCH3 is 2. The molecule has 2 aromatic carbocycles. The van der Waals surface area contributed by atoms with E-state index in [4.69, 9.17) is 14.0 Å². The molecule has 0 unspecified atom stereocenters. The Hall–Kier alpha value is -3.42. The van der Waals surface area contributed by atoms with Crippen LogP contribution in [-0.4, -0.2) is 36.8 Å². The lowest BCUT2D eigenvalue weighted by Crippen LogP contribution is -2.25. The zero-order valence-electron chi connectivity index (χ0n) is 14.9. The summed E-state index contributed by atoms with van der Waals surface area (Å²) in [6, 6.07) is 11.1. The molecule has 7 nitrogen and oxygen atoms in total. The minimum absolute atomic E-state index is 0.173. The van der Waals surface area contributed by atoms with Gasteiger partial charge in [-0.1, -0.05) is 17.3 Å². The van der Waals surface area contributed by atoms with E-state index in [2.05, 4.69) is 15.5 Å².